The van der Waals surface area contributed by atoms with E-state index in [1.807, 2.05) is 12.1 Å². The Balaban J connectivity index is 1.36. The second kappa shape index (κ2) is 8.08. The van der Waals surface area contributed by atoms with E-state index < -0.39 is 0 Å². The molecule has 0 saturated heterocycles. The SMILES string of the molecule is c1ccc2c(c1)Oc1ccc(-c3cccc4c3c3ccccc3n4-c3ccc4ccccc4c3)c3cccc-2c13. The van der Waals surface area contributed by atoms with Crippen LogP contribution in [-0.4, -0.2) is 4.57 Å². The Morgan fingerprint density at radius 2 is 1.10 bits per heavy atom. The smallest absolute Gasteiger partial charge is 0.135 e. The van der Waals surface area contributed by atoms with Crippen molar-refractivity contribution in [2.45, 2.75) is 0 Å². The average Bonchev–Trinajstić information content (AvgIpc) is 3.36. The van der Waals surface area contributed by atoms with Crippen LogP contribution in [0.15, 0.2) is 140 Å². The lowest BCUT2D eigenvalue weighted by molar-refractivity contribution is 0.487. The van der Waals surface area contributed by atoms with E-state index in [-0.39, 0.29) is 0 Å². The lowest BCUT2D eigenvalue weighted by Gasteiger charge is -2.22. The van der Waals surface area contributed by atoms with Crippen LogP contribution >= 0.6 is 0 Å². The minimum Gasteiger partial charge on any atom is -0.456 e. The van der Waals surface area contributed by atoms with Crippen molar-refractivity contribution in [1.29, 1.82) is 0 Å². The quantitative estimate of drug-likeness (QED) is 0.226. The molecule has 1 aromatic heterocycles. The Morgan fingerprint density at radius 1 is 0.400 bits per heavy atom. The van der Waals surface area contributed by atoms with E-state index in [0.717, 1.165) is 17.1 Å². The maximum Gasteiger partial charge on any atom is 0.135 e. The Kier molecular flexibility index (Phi) is 4.36. The third kappa shape index (κ3) is 2.93. The molecule has 2 nitrogen and oxygen atoms in total. The highest BCUT2D eigenvalue weighted by Gasteiger charge is 2.23. The summed E-state index contributed by atoms with van der Waals surface area (Å²) < 4.78 is 8.80. The summed E-state index contributed by atoms with van der Waals surface area (Å²) in [5.41, 5.74) is 8.40. The molecule has 0 unspecified atom stereocenters. The molecule has 0 saturated carbocycles. The van der Waals surface area contributed by atoms with Gasteiger partial charge in [0.15, 0.2) is 0 Å². The summed E-state index contributed by atoms with van der Waals surface area (Å²) in [6.07, 6.45) is 0. The van der Waals surface area contributed by atoms with Crippen LogP contribution < -0.4 is 4.74 Å². The number of ether oxygens (including phenoxy) is 1. The highest BCUT2D eigenvalue weighted by Crippen LogP contribution is 2.49. The zero-order valence-corrected chi connectivity index (χ0v) is 21.6. The third-order valence-electron chi connectivity index (χ3n) is 8.38. The zero-order chi connectivity index (χ0) is 26.2. The highest BCUT2D eigenvalue weighted by molar-refractivity contribution is 6.19. The van der Waals surface area contributed by atoms with Crippen molar-refractivity contribution in [2.75, 3.05) is 0 Å². The van der Waals surface area contributed by atoms with Crippen molar-refractivity contribution in [1.82, 2.24) is 4.57 Å². The first kappa shape index (κ1) is 21.6. The van der Waals surface area contributed by atoms with Gasteiger partial charge in [0.25, 0.3) is 0 Å². The van der Waals surface area contributed by atoms with Crippen LogP contribution in [0.3, 0.4) is 0 Å². The van der Waals surface area contributed by atoms with Crippen molar-refractivity contribution in [3.8, 4) is 39.4 Å². The maximum atomic E-state index is 6.39. The van der Waals surface area contributed by atoms with Crippen LogP contribution in [0.1, 0.15) is 0 Å². The van der Waals surface area contributed by atoms with Gasteiger partial charge in [-0.1, -0.05) is 103 Å². The van der Waals surface area contributed by atoms with Crippen molar-refractivity contribution in [3.05, 3.63) is 140 Å². The Bertz CT molecular complexity index is 2310. The Labute approximate surface area is 231 Å². The van der Waals surface area contributed by atoms with Gasteiger partial charge in [0, 0.05) is 27.4 Å². The van der Waals surface area contributed by atoms with Gasteiger partial charge in [0.1, 0.15) is 11.5 Å². The minimum absolute atomic E-state index is 0.913. The van der Waals surface area contributed by atoms with Crippen LogP contribution in [-0.2, 0) is 0 Å². The second-order valence-corrected chi connectivity index (χ2v) is 10.5. The first-order chi connectivity index (χ1) is 19.8. The maximum absolute atomic E-state index is 6.39. The highest BCUT2D eigenvalue weighted by atomic mass is 16.5. The number of hydrogen-bond donors (Lipinski definition) is 0. The molecule has 0 aliphatic carbocycles. The van der Waals surface area contributed by atoms with Crippen molar-refractivity contribution in [3.63, 3.8) is 0 Å². The summed E-state index contributed by atoms with van der Waals surface area (Å²) in [6.45, 7) is 0. The summed E-state index contributed by atoms with van der Waals surface area (Å²) in [7, 11) is 0. The fourth-order valence-electron chi connectivity index (χ4n) is 6.65. The molecule has 9 rings (SSSR count). The predicted octanol–water partition coefficient (Wildman–Crippen LogP) is 10.5. The standard InChI is InChI=1S/C38H23NO/c1-2-10-25-23-26(20-19-24(25)9-1)39-33-16-5-3-12-32(33)37-29(15-8-17-34(37)39)27-21-22-36-38-30(27)13-7-14-31(38)28-11-4-6-18-35(28)40-36/h1-23H. The van der Waals surface area contributed by atoms with Gasteiger partial charge in [-0.3, -0.25) is 0 Å². The van der Waals surface area contributed by atoms with Crippen LogP contribution in [0, 0.1) is 0 Å². The molecule has 0 N–H and O–H groups in total. The van der Waals surface area contributed by atoms with Gasteiger partial charge in [0.05, 0.1) is 11.0 Å². The van der Waals surface area contributed by atoms with E-state index in [4.69, 9.17) is 4.74 Å². The molecule has 7 aromatic carbocycles. The number of aromatic nitrogens is 1. The van der Waals surface area contributed by atoms with Crippen molar-refractivity contribution >= 4 is 43.4 Å². The molecule has 8 aromatic rings. The third-order valence-corrected chi connectivity index (χ3v) is 8.38. The number of rotatable bonds is 2. The fraction of sp³-hybridized carbons (Fsp3) is 0. The van der Waals surface area contributed by atoms with Crippen LogP contribution in [0.4, 0.5) is 0 Å². The molecule has 0 radical (unpaired) electrons. The number of benzene rings is 7. The van der Waals surface area contributed by atoms with Crippen molar-refractivity contribution < 1.29 is 4.74 Å². The van der Waals surface area contributed by atoms with Gasteiger partial charge >= 0.3 is 0 Å². The largest absolute Gasteiger partial charge is 0.456 e. The molecule has 2 heterocycles. The molecular formula is C38H23NO. The number of hydrogen-bond acceptors (Lipinski definition) is 1. The molecular weight excluding hydrogens is 486 g/mol. The summed E-state index contributed by atoms with van der Waals surface area (Å²) in [5.74, 6) is 1.83. The molecule has 186 valence electrons. The van der Waals surface area contributed by atoms with Gasteiger partial charge in [0.2, 0.25) is 0 Å². The fourth-order valence-corrected chi connectivity index (χ4v) is 6.65. The van der Waals surface area contributed by atoms with Crippen molar-refractivity contribution in [2.24, 2.45) is 0 Å². The van der Waals surface area contributed by atoms with Gasteiger partial charge in [-0.05, 0) is 69.2 Å². The summed E-state index contributed by atoms with van der Waals surface area (Å²) in [6, 6.07) is 50.1. The van der Waals surface area contributed by atoms with E-state index >= 15 is 0 Å². The summed E-state index contributed by atoms with van der Waals surface area (Å²) >= 11 is 0. The lowest BCUT2D eigenvalue weighted by atomic mass is 9.89. The van der Waals surface area contributed by atoms with Gasteiger partial charge in [-0.25, -0.2) is 0 Å². The summed E-state index contributed by atoms with van der Waals surface area (Å²) in [4.78, 5) is 0. The Morgan fingerprint density at radius 3 is 2.05 bits per heavy atom. The molecule has 2 heteroatoms. The van der Waals surface area contributed by atoms with Crippen LogP contribution in [0.2, 0.25) is 0 Å². The molecule has 0 spiro atoms. The molecule has 0 bridgehead atoms. The Hall–Kier alpha value is -5.34. The normalized spacial score (nSPS) is 12.2. The van der Waals surface area contributed by atoms with Gasteiger partial charge in [-0.15, -0.1) is 0 Å². The molecule has 0 fully saturated rings. The van der Waals surface area contributed by atoms with E-state index in [0.29, 0.717) is 0 Å². The predicted molar refractivity (Wildman–Crippen MR) is 167 cm³/mol. The van der Waals surface area contributed by atoms with E-state index in [1.165, 1.54) is 65.7 Å². The second-order valence-electron chi connectivity index (χ2n) is 10.5. The van der Waals surface area contributed by atoms with E-state index in [9.17, 15) is 0 Å². The minimum atomic E-state index is 0.913. The number of nitrogens with zero attached hydrogens (tertiary/aromatic N) is 1. The average molecular weight is 510 g/mol. The molecule has 40 heavy (non-hydrogen) atoms. The van der Waals surface area contributed by atoms with E-state index in [2.05, 4.69) is 132 Å². The first-order valence-corrected chi connectivity index (χ1v) is 13.7. The van der Waals surface area contributed by atoms with Crippen LogP contribution in [0.5, 0.6) is 11.5 Å². The number of fused-ring (bicyclic) bond motifs is 6. The molecule has 1 aliphatic rings. The first-order valence-electron chi connectivity index (χ1n) is 13.7. The van der Waals surface area contributed by atoms with Gasteiger partial charge < -0.3 is 9.30 Å². The zero-order valence-electron chi connectivity index (χ0n) is 21.6. The lowest BCUT2D eigenvalue weighted by Crippen LogP contribution is -1.97. The number of para-hydroxylation sites is 2. The summed E-state index contributed by atoms with van der Waals surface area (Å²) in [5, 5.41) is 7.40. The monoisotopic (exact) mass is 509 g/mol. The molecule has 1 aliphatic heterocycles. The van der Waals surface area contributed by atoms with E-state index in [1.54, 1.807) is 0 Å². The van der Waals surface area contributed by atoms with Gasteiger partial charge in [-0.2, -0.15) is 0 Å². The topological polar surface area (TPSA) is 14.2 Å². The molecule has 0 amide bonds. The van der Waals surface area contributed by atoms with Crippen LogP contribution in [0.25, 0.3) is 71.3 Å². The molecule has 0 atom stereocenters.